The Morgan fingerprint density at radius 1 is 1.43 bits per heavy atom. The normalized spacial score (nSPS) is 21.0. The van der Waals surface area contributed by atoms with Crippen LogP contribution >= 0.6 is 0 Å². The van der Waals surface area contributed by atoms with Crippen LogP contribution in [0.1, 0.15) is 17.3 Å². The maximum atomic E-state index is 12.6. The third-order valence-corrected chi connectivity index (χ3v) is 3.69. The van der Waals surface area contributed by atoms with Crippen LogP contribution in [0.3, 0.4) is 0 Å². The van der Waals surface area contributed by atoms with Gasteiger partial charge in [-0.05, 0) is 25.1 Å². The molecule has 0 bridgehead atoms. The number of rotatable bonds is 5. The number of amides is 1. The first-order valence-electron chi connectivity index (χ1n) is 6.84. The lowest BCUT2D eigenvalue weighted by Crippen LogP contribution is -2.46. The molecule has 1 amide bonds. The maximum absolute atomic E-state index is 12.6. The Labute approximate surface area is 123 Å². The van der Waals surface area contributed by atoms with Crippen LogP contribution in [0.15, 0.2) is 24.3 Å². The maximum Gasteiger partial charge on any atom is 0.311 e. The first-order chi connectivity index (χ1) is 10.1. The van der Waals surface area contributed by atoms with Crippen LogP contribution in [-0.2, 0) is 9.53 Å². The summed E-state index contributed by atoms with van der Waals surface area (Å²) in [6, 6.07) is 6.40. The van der Waals surface area contributed by atoms with Crippen LogP contribution in [0, 0.1) is 5.92 Å². The summed E-state index contributed by atoms with van der Waals surface area (Å²) in [5, 5.41) is 9.22. The molecule has 1 saturated heterocycles. The number of carbonyl (C=O) groups is 2. The van der Waals surface area contributed by atoms with E-state index in [0.29, 0.717) is 17.9 Å². The summed E-state index contributed by atoms with van der Waals surface area (Å²) in [7, 11) is 1.53. The third-order valence-electron chi connectivity index (χ3n) is 3.69. The molecule has 6 heteroatoms. The second-order valence-corrected chi connectivity index (χ2v) is 4.87. The van der Waals surface area contributed by atoms with Crippen molar-refractivity contribution in [2.75, 3.05) is 26.9 Å². The summed E-state index contributed by atoms with van der Waals surface area (Å²) in [6.07, 6.45) is 0. The van der Waals surface area contributed by atoms with E-state index >= 15 is 0 Å². The molecule has 1 aromatic rings. The van der Waals surface area contributed by atoms with Gasteiger partial charge in [0, 0.05) is 12.1 Å². The summed E-state index contributed by atoms with van der Waals surface area (Å²) >= 11 is 0. The third kappa shape index (κ3) is 3.16. The van der Waals surface area contributed by atoms with Crippen molar-refractivity contribution in [3.8, 4) is 5.75 Å². The van der Waals surface area contributed by atoms with E-state index in [2.05, 4.69) is 0 Å². The topological polar surface area (TPSA) is 76.1 Å². The van der Waals surface area contributed by atoms with Gasteiger partial charge in [-0.3, -0.25) is 9.59 Å². The Hall–Kier alpha value is -2.08. The highest BCUT2D eigenvalue weighted by atomic mass is 16.5. The zero-order valence-electron chi connectivity index (χ0n) is 12.1. The summed E-state index contributed by atoms with van der Waals surface area (Å²) in [5.74, 6) is -1.23. The van der Waals surface area contributed by atoms with E-state index in [1.54, 1.807) is 29.2 Å². The minimum absolute atomic E-state index is 0.141. The Morgan fingerprint density at radius 2 is 2.19 bits per heavy atom. The number of hydrogen-bond donors (Lipinski definition) is 1. The van der Waals surface area contributed by atoms with Gasteiger partial charge >= 0.3 is 5.97 Å². The van der Waals surface area contributed by atoms with Crippen molar-refractivity contribution in [2.45, 2.75) is 13.0 Å². The van der Waals surface area contributed by atoms with Gasteiger partial charge in [0.2, 0.25) is 0 Å². The number of likely N-dealkylation sites (N-methyl/N-ethyl adjacent to an activating group) is 1. The fourth-order valence-corrected chi connectivity index (χ4v) is 2.54. The van der Waals surface area contributed by atoms with Crippen LogP contribution in [0.2, 0.25) is 0 Å². The van der Waals surface area contributed by atoms with E-state index in [0.717, 1.165) is 0 Å². The Morgan fingerprint density at radius 3 is 2.81 bits per heavy atom. The van der Waals surface area contributed by atoms with Gasteiger partial charge in [-0.15, -0.1) is 0 Å². The van der Waals surface area contributed by atoms with Gasteiger partial charge < -0.3 is 19.5 Å². The number of hydrogen-bond acceptors (Lipinski definition) is 4. The standard InChI is InChI=1S/C15H19NO5/c1-3-16(13-9-21-8-12(13)15(18)19)14(17)10-5-4-6-11(7-10)20-2/h4-7,12-13H,3,8-9H2,1-2H3,(H,18,19). The highest BCUT2D eigenvalue weighted by Gasteiger charge is 2.39. The first-order valence-corrected chi connectivity index (χ1v) is 6.84. The predicted molar refractivity (Wildman–Crippen MR) is 75.4 cm³/mol. The number of carboxylic acids is 1. The van der Waals surface area contributed by atoms with Crippen molar-refractivity contribution >= 4 is 11.9 Å². The molecule has 114 valence electrons. The minimum atomic E-state index is -0.936. The van der Waals surface area contributed by atoms with Crippen LogP contribution in [0.4, 0.5) is 0 Å². The van der Waals surface area contributed by atoms with Crippen LogP contribution in [-0.4, -0.2) is 54.8 Å². The van der Waals surface area contributed by atoms with Gasteiger partial charge in [0.1, 0.15) is 11.7 Å². The van der Waals surface area contributed by atoms with Gasteiger partial charge in [-0.2, -0.15) is 0 Å². The van der Waals surface area contributed by atoms with E-state index in [1.165, 1.54) is 7.11 Å². The largest absolute Gasteiger partial charge is 0.497 e. The lowest BCUT2D eigenvalue weighted by Gasteiger charge is -2.29. The molecule has 1 fully saturated rings. The molecular formula is C15H19NO5. The van der Waals surface area contributed by atoms with Crippen LogP contribution in [0.5, 0.6) is 5.75 Å². The molecule has 1 aliphatic rings. The number of nitrogens with zero attached hydrogens (tertiary/aromatic N) is 1. The quantitative estimate of drug-likeness (QED) is 0.884. The second-order valence-electron chi connectivity index (χ2n) is 4.87. The lowest BCUT2D eigenvalue weighted by molar-refractivity contribution is -0.142. The average Bonchev–Trinajstić information content (AvgIpc) is 2.97. The van der Waals surface area contributed by atoms with Gasteiger partial charge in [0.15, 0.2) is 0 Å². The second kappa shape index (κ2) is 6.58. The molecule has 0 aliphatic carbocycles. The molecular weight excluding hydrogens is 274 g/mol. The highest BCUT2D eigenvalue weighted by Crippen LogP contribution is 2.23. The zero-order valence-corrected chi connectivity index (χ0v) is 12.1. The van der Waals surface area contributed by atoms with Crippen molar-refractivity contribution in [2.24, 2.45) is 5.92 Å². The molecule has 21 heavy (non-hydrogen) atoms. The fourth-order valence-electron chi connectivity index (χ4n) is 2.54. The van der Waals surface area contributed by atoms with E-state index in [9.17, 15) is 14.7 Å². The molecule has 1 N–H and O–H groups in total. The zero-order chi connectivity index (χ0) is 15.4. The Kier molecular flexibility index (Phi) is 4.80. The van der Waals surface area contributed by atoms with E-state index in [1.807, 2.05) is 6.92 Å². The number of aliphatic carboxylic acids is 1. The van der Waals surface area contributed by atoms with E-state index in [-0.39, 0.29) is 19.1 Å². The Bertz CT molecular complexity index is 531. The number of carboxylic acid groups (broad SMARTS) is 1. The fraction of sp³-hybridized carbons (Fsp3) is 0.467. The minimum Gasteiger partial charge on any atom is -0.497 e. The number of ether oxygens (including phenoxy) is 2. The van der Waals surface area contributed by atoms with Crippen LogP contribution < -0.4 is 4.74 Å². The molecule has 2 rings (SSSR count). The molecule has 2 unspecified atom stereocenters. The van der Waals surface area contributed by atoms with Crippen molar-refractivity contribution < 1.29 is 24.2 Å². The van der Waals surface area contributed by atoms with E-state index in [4.69, 9.17) is 9.47 Å². The summed E-state index contributed by atoms with van der Waals surface area (Å²) in [4.78, 5) is 25.4. The van der Waals surface area contributed by atoms with Gasteiger partial charge in [-0.25, -0.2) is 0 Å². The summed E-state index contributed by atoms with van der Waals surface area (Å²) < 4.78 is 10.4. The van der Waals surface area contributed by atoms with E-state index < -0.39 is 17.9 Å². The molecule has 2 atom stereocenters. The molecule has 1 aromatic carbocycles. The first kappa shape index (κ1) is 15.3. The number of carbonyl (C=O) groups excluding carboxylic acids is 1. The van der Waals surface area contributed by atoms with Crippen molar-refractivity contribution in [1.29, 1.82) is 0 Å². The van der Waals surface area contributed by atoms with Crippen molar-refractivity contribution in [3.05, 3.63) is 29.8 Å². The van der Waals surface area contributed by atoms with Gasteiger partial charge in [0.25, 0.3) is 5.91 Å². The molecule has 0 radical (unpaired) electrons. The molecule has 0 spiro atoms. The molecule has 1 heterocycles. The lowest BCUT2D eigenvalue weighted by atomic mass is 10.0. The highest BCUT2D eigenvalue weighted by molar-refractivity contribution is 5.95. The Balaban J connectivity index is 2.23. The van der Waals surface area contributed by atoms with Gasteiger partial charge in [-0.1, -0.05) is 6.07 Å². The monoisotopic (exact) mass is 293 g/mol. The van der Waals surface area contributed by atoms with Gasteiger partial charge in [0.05, 0.1) is 26.4 Å². The molecule has 0 saturated carbocycles. The predicted octanol–water partition coefficient (Wildman–Crippen LogP) is 1.26. The molecule has 6 nitrogen and oxygen atoms in total. The smallest absolute Gasteiger partial charge is 0.311 e. The molecule has 1 aliphatic heterocycles. The molecule has 0 aromatic heterocycles. The van der Waals surface area contributed by atoms with Crippen molar-refractivity contribution in [1.82, 2.24) is 4.90 Å². The van der Waals surface area contributed by atoms with Crippen LogP contribution in [0.25, 0.3) is 0 Å². The number of benzene rings is 1. The number of methoxy groups -OCH3 is 1. The summed E-state index contributed by atoms with van der Waals surface area (Å²) in [5.41, 5.74) is 0.479. The average molecular weight is 293 g/mol. The van der Waals surface area contributed by atoms with Crippen molar-refractivity contribution in [3.63, 3.8) is 0 Å². The SMILES string of the molecule is CCN(C(=O)c1cccc(OC)c1)C1COCC1C(=O)O. The summed E-state index contributed by atoms with van der Waals surface area (Å²) in [6.45, 7) is 2.64.